The summed E-state index contributed by atoms with van der Waals surface area (Å²) < 4.78 is 4.83. The second kappa shape index (κ2) is 1.08. The predicted molar refractivity (Wildman–Crippen MR) is 25.3 cm³/mol. The van der Waals surface area contributed by atoms with Gasteiger partial charge in [-0.3, -0.25) is 4.79 Å². The van der Waals surface area contributed by atoms with Crippen LogP contribution in [0, 0.1) is 0 Å². The summed E-state index contributed by atoms with van der Waals surface area (Å²) in [4.78, 5) is 10.5. The molecule has 0 aromatic carbocycles. The molecule has 0 saturated carbocycles. The van der Waals surface area contributed by atoms with Gasteiger partial charge >= 0.3 is 0 Å². The summed E-state index contributed by atoms with van der Waals surface area (Å²) in [6.07, 6.45) is 1.34. The van der Waals surface area contributed by atoms with Crippen molar-refractivity contribution in [2.45, 2.75) is 12.2 Å². The van der Waals surface area contributed by atoms with Crippen LogP contribution in [0.25, 0.3) is 0 Å². The zero-order valence-electron chi connectivity index (χ0n) is 4.00. The molecule has 1 saturated heterocycles. The summed E-state index contributed by atoms with van der Waals surface area (Å²) in [7, 11) is 0. The van der Waals surface area contributed by atoms with Crippen molar-refractivity contribution < 1.29 is 9.53 Å². The van der Waals surface area contributed by atoms with Crippen LogP contribution >= 0.6 is 0 Å². The Morgan fingerprint density at radius 2 is 2.75 bits per heavy atom. The number of rotatable bonds is 0. The molecule has 1 N–H and O–H groups in total. The van der Waals surface area contributed by atoms with Crippen LogP contribution in [0.4, 0.5) is 0 Å². The number of hydrazone groups is 1. The van der Waals surface area contributed by atoms with Crippen molar-refractivity contribution in [3.8, 4) is 0 Å². The van der Waals surface area contributed by atoms with Crippen molar-refractivity contribution in [3.63, 3.8) is 0 Å². The highest BCUT2D eigenvalue weighted by atomic mass is 16.6. The number of ether oxygens (including phenoxy) is 1. The number of hydrogen-bond acceptors (Lipinski definition) is 3. The van der Waals surface area contributed by atoms with E-state index in [-0.39, 0.29) is 18.1 Å². The largest absolute Gasteiger partial charge is 0.353 e. The van der Waals surface area contributed by atoms with E-state index in [2.05, 4.69) is 10.5 Å². The molecule has 2 atom stereocenters. The third kappa shape index (κ3) is 0.376. The van der Waals surface area contributed by atoms with E-state index >= 15 is 0 Å². The highest BCUT2D eigenvalue weighted by Crippen LogP contribution is 2.21. The van der Waals surface area contributed by atoms with Gasteiger partial charge in [-0.2, -0.15) is 5.10 Å². The molecule has 4 heteroatoms. The summed E-state index contributed by atoms with van der Waals surface area (Å²) in [5.74, 6) is -0.127. The number of carbonyl (C=O) groups is 1. The SMILES string of the molecule is O=C1NN=CC2OC12. The Kier molecular flexibility index (Phi) is 0.545. The molecule has 8 heavy (non-hydrogen) atoms. The first-order valence-corrected chi connectivity index (χ1v) is 2.36. The van der Waals surface area contributed by atoms with Gasteiger partial charge < -0.3 is 4.74 Å². The number of fused-ring (bicyclic) bond motifs is 1. The summed E-state index contributed by atoms with van der Waals surface area (Å²) in [6.45, 7) is 0. The Labute approximate surface area is 45.5 Å². The highest BCUT2D eigenvalue weighted by Gasteiger charge is 2.46. The first-order chi connectivity index (χ1) is 3.88. The van der Waals surface area contributed by atoms with E-state index < -0.39 is 0 Å². The normalized spacial score (nSPS) is 40.8. The summed E-state index contributed by atoms with van der Waals surface area (Å²) in [6, 6.07) is 0. The molecule has 2 aliphatic heterocycles. The quantitative estimate of drug-likeness (QED) is 0.403. The van der Waals surface area contributed by atoms with Crippen molar-refractivity contribution in [1.82, 2.24) is 5.43 Å². The lowest BCUT2D eigenvalue weighted by molar-refractivity contribution is -0.122. The van der Waals surface area contributed by atoms with E-state index in [4.69, 9.17) is 4.74 Å². The van der Waals surface area contributed by atoms with Crippen molar-refractivity contribution in [2.24, 2.45) is 5.10 Å². The predicted octanol–water partition coefficient (Wildman–Crippen LogP) is -1.13. The van der Waals surface area contributed by atoms with Crippen LogP contribution in [-0.4, -0.2) is 24.3 Å². The molecular formula is C4H4N2O2. The molecule has 0 bridgehead atoms. The van der Waals surface area contributed by atoms with Crippen LogP contribution in [0.3, 0.4) is 0 Å². The van der Waals surface area contributed by atoms with Gasteiger partial charge in [0.25, 0.3) is 5.91 Å². The average Bonchev–Trinajstić information content (AvgIpc) is 2.45. The number of amides is 1. The second-order valence-corrected chi connectivity index (χ2v) is 1.78. The lowest BCUT2D eigenvalue weighted by atomic mass is 10.3. The first-order valence-electron chi connectivity index (χ1n) is 2.36. The summed E-state index contributed by atoms with van der Waals surface area (Å²) in [5.41, 5.74) is 2.28. The lowest BCUT2D eigenvalue weighted by Crippen LogP contribution is -2.28. The minimum atomic E-state index is -0.229. The number of hydrogen-bond donors (Lipinski definition) is 1. The van der Waals surface area contributed by atoms with E-state index in [0.29, 0.717) is 0 Å². The lowest BCUT2D eigenvalue weighted by Gasteiger charge is -1.95. The van der Waals surface area contributed by atoms with Crippen LogP contribution in [0.2, 0.25) is 0 Å². The minimum Gasteiger partial charge on any atom is -0.353 e. The van der Waals surface area contributed by atoms with Gasteiger partial charge in [-0.25, -0.2) is 5.43 Å². The van der Waals surface area contributed by atoms with Crippen molar-refractivity contribution in [1.29, 1.82) is 0 Å². The fourth-order valence-electron chi connectivity index (χ4n) is 0.686. The molecule has 0 aromatic heterocycles. The molecule has 1 amide bonds. The van der Waals surface area contributed by atoms with Gasteiger partial charge in [0, 0.05) is 0 Å². The maximum absolute atomic E-state index is 10.5. The summed E-state index contributed by atoms with van der Waals surface area (Å²) in [5, 5.41) is 3.53. The van der Waals surface area contributed by atoms with Gasteiger partial charge in [-0.05, 0) is 0 Å². The second-order valence-electron chi connectivity index (χ2n) is 1.78. The fraction of sp³-hybridized carbons (Fsp3) is 0.500. The first kappa shape index (κ1) is 4.03. The Morgan fingerprint density at radius 1 is 1.88 bits per heavy atom. The third-order valence-corrected chi connectivity index (χ3v) is 1.18. The standard InChI is InChI=1S/C4H4N2O2/c7-4-3-2(8-3)1-5-6-4/h1-3H,(H,6,7). The van der Waals surface area contributed by atoms with Gasteiger partial charge in [0.15, 0.2) is 6.10 Å². The molecule has 1 fully saturated rings. The van der Waals surface area contributed by atoms with Crippen LogP contribution in [0.5, 0.6) is 0 Å². The maximum Gasteiger partial charge on any atom is 0.272 e. The van der Waals surface area contributed by atoms with E-state index in [1.54, 1.807) is 6.21 Å². The zero-order valence-corrected chi connectivity index (χ0v) is 4.00. The molecular weight excluding hydrogens is 108 g/mol. The van der Waals surface area contributed by atoms with Gasteiger partial charge in [0.05, 0.1) is 6.21 Å². The van der Waals surface area contributed by atoms with Gasteiger partial charge in [0.2, 0.25) is 0 Å². The van der Waals surface area contributed by atoms with Crippen molar-refractivity contribution in [3.05, 3.63) is 0 Å². The molecule has 2 rings (SSSR count). The molecule has 4 nitrogen and oxygen atoms in total. The Hall–Kier alpha value is -0.900. The van der Waals surface area contributed by atoms with Gasteiger partial charge in [0.1, 0.15) is 6.10 Å². The molecule has 42 valence electrons. The smallest absolute Gasteiger partial charge is 0.272 e. The van der Waals surface area contributed by atoms with E-state index in [0.717, 1.165) is 0 Å². The molecule has 2 unspecified atom stereocenters. The van der Waals surface area contributed by atoms with E-state index in [1.165, 1.54) is 0 Å². The van der Waals surface area contributed by atoms with Crippen LogP contribution in [-0.2, 0) is 9.53 Å². The topological polar surface area (TPSA) is 54.0 Å². The molecule has 0 aromatic rings. The minimum absolute atomic E-state index is 0.0243. The maximum atomic E-state index is 10.5. The van der Waals surface area contributed by atoms with E-state index in [1.807, 2.05) is 0 Å². The average molecular weight is 112 g/mol. The molecule has 0 aliphatic carbocycles. The fourth-order valence-corrected chi connectivity index (χ4v) is 0.686. The van der Waals surface area contributed by atoms with Crippen molar-refractivity contribution in [2.75, 3.05) is 0 Å². The number of epoxide rings is 1. The Bertz CT molecular complexity index is 165. The number of nitrogens with one attached hydrogen (secondary N) is 1. The van der Waals surface area contributed by atoms with Crippen LogP contribution in [0.1, 0.15) is 0 Å². The zero-order chi connectivity index (χ0) is 5.56. The third-order valence-electron chi connectivity index (χ3n) is 1.18. The molecule has 2 heterocycles. The Morgan fingerprint density at radius 3 is 3.38 bits per heavy atom. The Balaban J connectivity index is 2.25. The van der Waals surface area contributed by atoms with Crippen LogP contribution in [0.15, 0.2) is 5.10 Å². The van der Waals surface area contributed by atoms with Crippen LogP contribution < -0.4 is 5.43 Å². The van der Waals surface area contributed by atoms with Gasteiger partial charge in [-0.1, -0.05) is 0 Å². The monoisotopic (exact) mass is 112 g/mol. The molecule has 0 radical (unpaired) electrons. The number of carbonyl (C=O) groups excluding carboxylic acids is 1. The highest BCUT2D eigenvalue weighted by molar-refractivity contribution is 5.92. The van der Waals surface area contributed by atoms with Gasteiger partial charge in [-0.15, -0.1) is 0 Å². The number of nitrogens with zero attached hydrogens (tertiary/aromatic N) is 1. The molecule has 2 aliphatic rings. The molecule has 0 spiro atoms. The summed E-state index contributed by atoms with van der Waals surface area (Å²) >= 11 is 0. The van der Waals surface area contributed by atoms with Crippen molar-refractivity contribution >= 4 is 12.1 Å². The van der Waals surface area contributed by atoms with E-state index in [9.17, 15) is 4.79 Å².